The maximum absolute atomic E-state index is 13.4. The first kappa shape index (κ1) is 21.8. The fourth-order valence-corrected chi connectivity index (χ4v) is 4.64. The largest absolute Gasteiger partial charge is 0.325 e. The lowest BCUT2D eigenvalue weighted by Gasteiger charge is -2.36. The number of anilines is 1. The molecular weight excluding hydrogens is 415 g/mol. The number of amides is 1. The molecule has 1 aliphatic rings. The highest BCUT2D eigenvalue weighted by molar-refractivity contribution is 7.89. The van der Waals surface area contributed by atoms with E-state index in [2.05, 4.69) is 5.32 Å². The third kappa shape index (κ3) is 4.81. The number of piperazine rings is 1. The summed E-state index contributed by atoms with van der Waals surface area (Å²) in [5.41, 5.74) is 0.362. The van der Waals surface area contributed by atoms with E-state index in [1.807, 2.05) is 4.90 Å². The highest BCUT2D eigenvalue weighted by Gasteiger charge is 2.32. The van der Waals surface area contributed by atoms with Gasteiger partial charge in [0.2, 0.25) is 15.9 Å². The van der Waals surface area contributed by atoms with E-state index < -0.39 is 26.8 Å². The van der Waals surface area contributed by atoms with Crippen LogP contribution >= 0.6 is 0 Å². The van der Waals surface area contributed by atoms with Crippen LogP contribution in [0, 0.1) is 15.9 Å². The van der Waals surface area contributed by atoms with Crippen LogP contribution in [0.1, 0.15) is 6.92 Å². The molecule has 1 saturated heterocycles. The second-order valence-electron chi connectivity index (χ2n) is 6.87. The molecule has 1 fully saturated rings. The van der Waals surface area contributed by atoms with E-state index in [0.717, 1.165) is 6.07 Å². The molecule has 2 aromatic rings. The molecule has 1 aliphatic heterocycles. The average molecular weight is 436 g/mol. The molecular formula is C19H21FN4O5S. The zero-order valence-electron chi connectivity index (χ0n) is 16.2. The van der Waals surface area contributed by atoms with Crippen LogP contribution in [0.25, 0.3) is 0 Å². The van der Waals surface area contributed by atoms with Gasteiger partial charge in [0.1, 0.15) is 5.82 Å². The number of nitro groups is 1. The number of hydrogen-bond acceptors (Lipinski definition) is 6. The monoisotopic (exact) mass is 436 g/mol. The number of rotatable bonds is 6. The standard InChI is InChI=1S/C19H21FN4O5S/c1-14(19(25)21-16-5-7-17(8-6-16)24(26)27)22-9-11-23(12-10-22)30(28,29)18-4-2-3-15(20)13-18/h2-8,13-14H,9-12H2,1H3,(H,21,25). The minimum absolute atomic E-state index is 0.0725. The summed E-state index contributed by atoms with van der Waals surface area (Å²) >= 11 is 0. The molecule has 0 aliphatic carbocycles. The van der Waals surface area contributed by atoms with Gasteiger partial charge < -0.3 is 5.32 Å². The van der Waals surface area contributed by atoms with Gasteiger partial charge in [-0.2, -0.15) is 4.31 Å². The van der Waals surface area contributed by atoms with E-state index in [1.165, 1.54) is 46.8 Å². The third-order valence-electron chi connectivity index (χ3n) is 4.98. The number of nitrogens with one attached hydrogen (secondary N) is 1. The summed E-state index contributed by atoms with van der Waals surface area (Å²) in [5, 5.41) is 13.4. The Kier molecular flexibility index (Phi) is 6.44. The number of non-ortho nitro benzene ring substituents is 1. The van der Waals surface area contributed by atoms with Crippen molar-refractivity contribution in [3.05, 3.63) is 64.5 Å². The van der Waals surface area contributed by atoms with Gasteiger partial charge in [-0.3, -0.25) is 19.8 Å². The molecule has 1 N–H and O–H groups in total. The maximum atomic E-state index is 13.4. The van der Waals surface area contributed by atoms with Crippen molar-refractivity contribution in [1.29, 1.82) is 0 Å². The summed E-state index contributed by atoms with van der Waals surface area (Å²) in [6, 6.07) is 9.85. The Balaban J connectivity index is 1.58. The Morgan fingerprint density at radius 3 is 2.33 bits per heavy atom. The molecule has 30 heavy (non-hydrogen) atoms. The summed E-state index contributed by atoms with van der Waals surface area (Å²) in [6.45, 7) is 2.73. The molecule has 1 unspecified atom stereocenters. The number of sulfonamides is 1. The summed E-state index contributed by atoms with van der Waals surface area (Å²) in [4.78, 5) is 24.4. The number of carbonyl (C=O) groups excluding carboxylic acids is 1. The summed E-state index contributed by atoms with van der Waals surface area (Å²) < 4.78 is 40.0. The second kappa shape index (κ2) is 8.86. The van der Waals surface area contributed by atoms with Crippen LogP contribution in [0.15, 0.2) is 53.4 Å². The first-order chi connectivity index (χ1) is 14.2. The van der Waals surface area contributed by atoms with Crippen LogP contribution in [0.2, 0.25) is 0 Å². The normalized spacial score (nSPS) is 16.7. The average Bonchev–Trinajstić information content (AvgIpc) is 2.73. The Hall–Kier alpha value is -2.89. The van der Waals surface area contributed by atoms with Crippen molar-refractivity contribution in [2.24, 2.45) is 0 Å². The van der Waals surface area contributed by atoms with E-state index in [1.54, 1.807) is 6.92 Å². The zero-order chi connectivity index (χ0) is 21.9. The van der Waals surface area contributed by atoms with Crippen LogP contribution in [0.4, 0.5) is 15.8 Å². The summed E-state index contributed by atoms with van der Waals surface area (Å²) in [6.07, 6.45) is 0. The van der Waals surface area contributed by atoms with Crippen LogP contribution in [-0.4, -0.2) is 60.7 Å². The van der Waals surface area contributed by atoms with Crippen molar-refractivity contribution >= 4 is 27.3 Å². The van der Waals surface area contributed by atoms with Crippen molar-refractivity contribution in [3.8, 4) is 0 Å². The molecule has 0 aromatic heterocycles. The lowest BCUT2D eigenvalue weighted by molar-refractivity contribution is -0.384. The topological polar surface area (TPSA) is 113 Å². The molecule has 0 saturated carbocycles. The zero-order valence-corrected chi connectivity index (χ0v) is 17.0. The first-order valence-corrected chi connectivity index (χ1v) is 10.7. The molecule has 0 spiro atoms. The van der Waals surface area contributed by atoms with Gasteiger partial charge in [0.25, 0.3) is 5.69 Å². The molecule has 0 bridgehead atoms. The molecule has 1 amide bonds. The van der Waals surface area contributed by atoms with Gasteiger partial charge in [-0.1, -0.05) is 6.07 Å². The van der Waals surface area contributed by atoms with Gasteiger partial charge in [-0.15, -0.1) is 0 Å². The van der Waals surface area contributed by atoms with Gasteiger partial charge in [0, 0.05) is 44.0 Å². The minimum atomic E-state index is -3.80. The quantitative estimate of drug-likeness (QED) is 0.548. The van der Waals surface area contributed by atoms with Crippen LogP contribution < -0.4 is 5.32 Å². The van der Waals surface area contributed by atoms with Crippen LogP contribution in [0.5, 0.6) is 0 Å². The van der Waals surface area contributed by atoms with Gasteiger partial charge in [0.15, 0.2) is 0 Å². The van der Waals surface area contributed by atoms with Crippen molar-refractivity contribution in [1.82, 2.24) is 9.21 Å². The number of benzene rings is 2. The Morgan fingerprint density at radius 2 is 1.77 bits per heavy atom. The molecule has 160 valence electrons. The number of carbonyl (C=O) groups is 1. The molecule has 3 rings (SSSR count). The van der Waals surface area contributed by atoms with Crippen molar-refractivity contribution in [3.63, 3.8) is 0 Å². The van der Waals surface area contributed by atoms with Gasteiger partial charge in [-0.25, -0.2) is 12.8 Å². The lowest BCUT2D eigenvalue weighted by Crippen LogP contribution is -2.53. The highest BCUT2D eigenvalue weighted by atomic mass is 32.2. The Labute approximate surface area is 173 Å². The molecule has 1 atom stereocenters. The van der Waals surface area contributed by atoms with Gasteiger partial charge in [0.05, 0.1) is 15.9 Å². The number of halogens is 1. The van der Waals surface area contributed by atoms with Crippen LogP contribution in [-0.2, 0) is 14.8 Å². The molecule has 1 heterocycles. The minimum Gasteiger partial charge on any atom is -0.325 e. The van der Waals surface area contributed by atoms with E-state index >= 15 is 0 Å². The lowest BCUT2D eigenvalue weighted by atomic mass is 10.2. The van der Waals surface area contributed by atoms with E-state index in [9.17, 15) is 27.7 Å². The van der Waals surface area contributed by atoms with Crippen molar-refractivity contribution in [2.75, 3.05) is 31.5 Å². The summed E-state index contributed by atoms with van der Waals surface area (Å²) in [5.74, 6) is -0.920. The van der Waals surface area contributed by atoms with E-state index in [-0.39, 0.29) is 29.6 Å². The van der Waals surface area contributed by atoms with Gasteiger partial charge >= 0.3 is 0 Å². The maximum Gasteiger partial charge on any atom is 0.269 e. The van der Waals surface area contributed by atoms with E-state index in [0.29, 0.717) is 18.8 Å². The predicted octanol–water partition coefficient (Wildman–Crippen LogP) is 2.07. The number of hydrogen-bond donors (Lipinski definition) is 1. The first-order valence-electron chi connectivity index (χ1n) is 9.23. The Morgan fingerprint density at radius 1 is 1.13 bits per heavy atom. The van der Waals surface area contributed by atoms with Crippen LogP contribution in [0.3, 0.4) is 0 Å². The highest BCUT2D eigenvalue weighted by Crippen LogP contribution is 2.20. The molecule has 0 radical (unpaired) electrons. The number of nitro benzene ring substituents is 1. The molecule has 11 heteroatoms. The van der Waals surface area contributed by atoms with Gasteiger partial charge in [-0.05, 0) is 37.3 Å². The van der Waals surface area contributed by atoms with Crippen molar-refractivity contribution in [2.45, 2.75) is 17.9 Å². The van der Waals surface area contributed by atoms with Crippen molar-refractivity contribution < 1.29 is 22.5 Å². The smallest absolute Gasteiger partial charge is 0.269 e. The fraction of sp³-hybridized carbons (Fsp3) is 0.316. The van der Waals surface area contributed by atoms with E-state index in [4.69, 9.17) is 0 Å². The third-order valence-corrected chi connectivity index (χ3v) is 6.87. The SMILES string of the molecule is CC(C(=O)Nc1ccc([N+](=O)[O-])cc1)N1CCN(S(=O)(=O)c2cccc(F)c2)CC1. The molecule has 9 nitrogen and oxygen atoms in total. The predicted molar refractivity (Wildman–Crippen MR) is 108 cm³/mol. The summed E-state index contributed by atoms with van der Waals surface area (Å²) in [7, 11) is -3.80. The second-order valence-corrected chi connectivity index (χ2v) is 8.80. The fourth-order valence-electron chi connectivity index (χ4n) is 3.19. The molecule has 2 aromatic carbocycles. The Bertz CT molecular complexity index is 1040. The number of nitrogens with zero attached hydrogens (tertiary/aromatic N) is 3.